The molecule has 0 amide bonds. The maximum absolute atomic E-state index is 4.29. The Morgan fingerprint density at radius 2 is 2.50 bits per heavy atom. The molecule has 0 aromatic carbocycles. The molecule has 2 rings (SSSR count). The first-order chi connectivity index (χ1) is 5.86. The fourth-order valence-electron chi connectivity index (χ4n) is 1.29. The van der Waals surface area contributed by atoms with E-state index in [4.69, 9.17) is 0 Å². The van der Waals surface area contributed by atoms with E-state index in [1.807, 2.05) is 11.6 Å². The molecule has 2 heterocycles. The first-order valence-electron chi connectivity index (χ1n) is 3.99. The largest absolute Gasteiger partial charge is 0.290 e. The van der Waals surface area contributed by atoms with Gasteiger partial charge in [-0.15, -0.1) is 0 Å². The minimum absolute atomic E-state index is 0.409. The van der Waals surface area contributed by atoms with Crippen molar-refractivity contribution in [3.05, 3.63) is 23.2 Å². The first kappa shape index (κ1) is 7.68. The summed E-state index contributed by atoms with van der Waals surface area (Å²) < 4.78 is 4.29. The summed E-state index contributed by atoms with van der Waals surface area (Å²) in [7, 11) is 0. The van der Waals surface area contributed by atoms with E-state index in [2.05, 4.69) is 28.4 Å². The topological polar surface area (TPSA) is 25.2 Å². The quantitative estimate of drug-likeness (QED) is 0.648. The summed E-state index contributed by atoms with van der Waals surface area (Å²) in [6, 6.07) is 2.47. The number of allylic oxidation sites excluding steroid dienone is 1. The van der Waals surface area contributed by atoms with E-state index in [1.165, 1.54) is 17.1 Å². The van der Waals surface area contributed by atoms with Crippen molar-refractivity contribution in [2.75, 3.05) is 0 Å². The number of nitrogens with zero attached hydrogens (tertiary/aromatic N) is 2. The van der Waals surface area contributed by atoms with Crippen molar-refractivity contribution < 1.29 is 0 Å². The summed E-state index contributed by atoms with van der Waals surface area (Å²) in [5.41, 5.74) is 2.41. The lowest BCUT2D eigenvalue weighted by Crippen LogP contribution is -2.04. The lowest BCUT2D eigenvalue weighted by Gasteiger charge is -2.11. The van der Waals surface area contributed by atoms with Crippen LogP contribution in [-0.4, -0.2) is 16.6 Å². The van der Waals surface area contributed by atoms with Gasteiger partial charge in [-0.2, -0.15) is 4.37 Å². The third kappa shape index (κ3) is 1.46. The van der Waals surface area contributed by atoms with Crippen molar-refractivity contribution in [1.82, 2.24) is 4.37 Å². The van der Waals surface area contributed by atoms with E-state index >= 15 is 0 Å². The highest BCUT2D eigenvalue weighted by Gasteiger charge is 2.10. The number of hydrogen-bond acceptors (Lipinski definition) is 3. The third-order valence-corrected chi connectivity index (χ3v) is 2.46. The number of aliphatic imine (C=N–C) groups is 1. The third-order valence-electron chi connectivity index (χ3n) is 1.90. The molecule has 0 aliphatic carbocycles. The summed E-state index contributed by atoms with van der Waals surface area (Å²) in [4.78, 5) is 4.26. The Morgan fingerprint density at radius 3 is 3.17 bits per heavy atom. The minimum atomic E-state index is 0.409. The summed E-state index contributed by atoms with van der Waals surface area (Å²) in [6.07, 6.45) is 4.94. The first-order valence-corrected chi connectivity index (χ1v) is 4.83. The van der Waals surface area contributed by atoms with Crippen LogP contribution in [0.15, 0.2) is 22.5 Å². The molecule has 62 valence electrons. The molecule has 0 saturated heterocycles. The smallest absolute Gasteiger partial charge is 0.0801 e. The Morgan fingerprint density at radius 1 is 1.58 bits per heavy atom. The predicted octanol–water partition coefficient (Wildman–Crippen LogP) is 2.39. The van der Waals surface area contributed by atoms with Crippen molar-refractivity contribution in [3.63, 3.8) is 0 Å². The van der Waals surface area contributed by atoms with Gasteiger partial charge in [0.2, 0.25) is 0 Å². The molecule has 1 atom stereocenters. The molecule has 1 aromatic heterocycles. The van der Waals surface area contributed by atoms with Crippen molar-refractivity contribution in [2.24, 2.45) is 4.99 Å². The molecule has 0 bridgehead atoms. The molecule has 0 N–H and O–H groups in total. The van der Waals surface area contributed by atoms with E-state index in [0.29, 0.717) is 6.04 Å². The van der Waals surface area contributed by atoms with Crippen LogP contribution in [0.4, 0.5) is 0 Å². The van der Waals surface area contributed by atoms with Crippen molar-refractivity contribution in [3.8, 4) is 0 Å². The Kier molecular flexibility index (Phi) is 2.04. The van der Waals surface area contributed by atoms with Crippen LogP contribution in [0.25, 0.3) is 5.57 Å². The van der Waals surface area contributed by atoms with Crippen LogP contribution in [-0.2, 0) is 0 Å². The molecule has 1 aliphatic rings. The van der Waals surface area contributed by atoms with Gasteiger partial charge in [0, 0.05) is 11.6 Å². The van der Waals surface area contributed by atoms with Gasteiger partial charge in [0.1, 0.15) is 0 Å². The SMILES string of the molecule is CC1CC(c2ccsn2)=CC=N1. The standard InChI is InChI=1S/C9H10N2S/c1-7-6-8(2-4-10-7)9-3-5-12-11-9/h2-5,7H,6H2,1H3. The average Bonchev–Trinajstić information content (AvgIpc) is 2.56. The second-order valence-corrected chi connectivity index (χ2v) is 3.59. The lowest BCUT2D eigenvalue weighted by molar-refractivity contribution is 0.766. The number of hydrogen-bond donors (Lipinski definition) is 0. The van der Waals surface area contributed by atoms with Gasteiger partial charge in [-0.25, -0.2) is 0 Å². The second-order valence-electron chi connectivity index (χ2n) is 2.93. The zero-order chi connectivity index (χ0) is 8.39. The van der Waals surface area contributed by atoms with Gasteiger partial charge in [-0.05, 0) is 42.6 Å². The highest BCUT2D eigenvalue weighted by Crippen LogP contribution is 2.22. The van der Waals surface area contributed by atoms with Crippen LogP contribution < -0.4 is 0 Å². The summed E-state index contributed by atoms with van der Waals surface area (Å²) >= 11 is 1.50. The summed E-state index contributed by atoms with van der Waals surface area (Å²) in [5.74, 6) is 0. The maximum atomic E-state index is 4.29. The van der Waals surface area contributed by atoms with Crippen LogP contribution in [0.1, 0.15) is 19.0 Å². The van der Waals surface area contributed by atoms with Gasteiger partial charge in [0.15, 0.2) is 0 Å². The monoisotopic (exact) mass is 178 g/mol. The summed E-state index contributed by atoms with van der Waals surface area (Å²) in [5, 5.41) is 2.01. The molecule has 0 saturated carbocycles. The van der Waals surface area contributed by atoms with Crippen LogP contribution in [0.3, 0.4) is 0 Å². The van der Waals surface area contributed by atoms with E-state index < -0.39 is 0 Å². The van der Waals surface area contributed by atoms with Gasteiger partial charge in [-0.1, -0.05) is 0 Å². The second kappa shape index (κ2) is 3.19. The Hall–Kier alpha value is -0.960. The van der Waals surface area contributed by atoms with Gasteiger partial charge < -0.3 is 0 Å². The zero-order valence-corrected chi connectivity index (χ0v) is 7.71. The molecular weight excluding hydrogens is 168 g/mol. The fourth-order valence-corrected chi connectivity index (χ4v) is 1.83. The molecule has 2 nitrogen and oxygen atoms in total. The van der Waals surface area contributed by atoms with Crippen LogP contribution in [0, 0.1) is 0 Å². The zero-order valence-electron chi connectivity index (χ0n) is 6.90. The molecule has 1 aliphatic heterocycles. The van der Waals surface area contributed by atoms with Gasteiger partial charge in [0.25, 0.3) is 0 Å². The van der Waals surface area contributed by atoms with E-state index in [-0.39, 0.29) is 0 Å². The highest BCUT2D eigenvalue weighted by atomic mass is 32.1. The van der Waals surface area contributed by atoms with Gasteiger partial charge in [0.05, 0.1) is 11.7 Å². The van der Waals surface area contributed by atoms with Crippen molar-refractivity contribution >= 4 is 23.3 Å². The Bertz CT molecular complexity index is 311. The van der Waals surface area contributed by atoms with E-state index in [1.54, 1.807) is 0 Å². The van der Waals surface area contributed by atoms with E-state index in [9.17, 15) is 0 Å². The van der Waals surface area contributed by atoms with Crippen LogP contribution in [0.5, 0.6) is 0 Å². The predicted molar refractivity (Wildman–Crippen MR) is 52.7 cm³/mol. The Balaban J connectivity index is 2.26. The molecule has 1 aromatic rings. The maximum Gasteiger partial charge on any atom is 0.0801 e. The molecule has 3 heteroatoms. The summed E-state index contributed by atoms with van der Waals surface area (Å²) in [6.45, 7) is 2.12. The average molecular weight is 178 g/mol. The minimum Gasteiger partial charge on any atom is -0.290 e. The number of rotatable bonds is 1. The lowest BCUT2D eigenvalue weighted by atomic mass is 10.0. The Labute approximate surface area is 75.8 Å². The molecule has 0 spiro atoms. The van der Waals surface area contributed by atoms with Crippen LogP contribution >= 0.6 is 11.5 Å². The van der Waals surface area contributed by atoms with Crippen molar-refractivity contribution in [2.45, 2.75) is 19.4 Å². The van der Waals surface area contributed by atoms with Crippen molar-refractivity contribution in [1.29, 1.82) is 0 Å². The fraction of sp³-hybridized carbons (Fsp3) is 0.333. The molecule has 12 heavy (non-hydrogen) atoms. The highest BCUT2D eigenvalue weighted by molar-refractivity contribution is 7.03. The number of aromatic nitrogens is 1. The molecule has 1 unspecified atom stereocenters. The van der Waals surface area contributed by atoms with Gasteiger partial charge in [-0.3, -0.25) is 4.99 Å². The molecule has 0 radical (unpaired) electrons. The number of dihydropyridines is 1. The normalized spacial score (nSPS) is 22.4. The molecule has 0 fully saturated rings. The van der Waals surface area contributed by atoms with E-state index in [0.717, 1.165) is 12.1 Å². The van der Waals surface area contributed by atoms with Gasteiger partial charge >= 0.3 is 0 Å². The van der Waals surface area contributed by atoms with Crippen LogP contribution in [0.2, 0.25) is 0 Å². The molecular formula is C9H10N2S.